The van der Waals surface area contributed by atoms with E-state index in [1.807, 2.05) is 18.2 Å². The van der Waals surface area contributed by atoms with Crippen LogP contribution in [0.3, 0.4) is 0 Å². The fourth-order valence-electron chi connectivity index (χ4n) is 1.71. The zero-order valence-corrected chi connectivity index (χ0v) is 13.7. The summed E-state index contributed by atoms with van der Waals surface area (Å²) in [5, 5.41) is 4.15. The van der Waals surface area contributed by atoms with Gasteiger partial charge in [-0.25, -0.2) is 0 Å². The van der Waals surface area contributed by atoms with Gasteiger partial charge in [0, 0.05) is 26.2 Å². The van der Waals surface area contributed by atoms with Crippen LogP contribution < -0.4 is 5.32 Å². The largest absolute Gasteiger partial charge is 0.381 e. The number of rotatable bonds is 3. The third-order valence-corrected chi connectivity index (χ3v) is 3.85. The van der Waals surface area contributed by atoms with Gasteiger partial charge >= 0.3 is 0 Å². The second-order valence-corrected chi connectivity index (χ2v) is 6.35. The van der Waals surface area contributed by atoms with E-state index >= 15 is 0 Å². The second-order valence-electron chi connectivity index (χ2n) is 4.11. The molecule has 2 aromatic rings. The molecule has 0 unspecified atom stereocenters. The van der Waals surface area contributed by atoms with Crippen molar-refractivity contribution in [2.45, 2.75) is 13.5 Å². The quantitative estimate of drug-likeness (QED) is 0.701. The average Bonchev–Trinajstić information content (AvgIpc) is 2.29. The van der Waals surface area contributed by atoms with Crippen LogP contribution in [0, 0.1) is 6.92 Å². The Bertz CT molecular complexity index is 549. The minimum atomic E-state index is 0.703. The van der Waals surface area contributed by atoms with Gasteiger partial charge in [-0.1, -0.05) is 43.5 Å². The topological polar surface area (TPSA) is 12.0 Å². The first kappa shape index (κ1) is 13.9. The molecule has 0 spiro atoms. The molecule has 2 rings (SSSR count). The Hall–Kier alpha value is -0.510. The molecule has 1 N–H and O–H groups in total. The van der Waals surface area contributed by atoms with E-state index in [1.165, 1.54) is 5.56 Å². The van der Waals surface area contributed by atoms with Gasteiger partial charge in [-0.15, -0.1) is 0 Å². The van der Waals surface area contributed by atoms with Crippen molar-refractivity contribution in [1.82, 2.24) is 0 Å². The number of aryl methyl sites for hydroxylation is 1. The van der Waals surface area contributed by atoms with Crippen LogP contribution in [-0.2, 0) is 6.54 Å². The fourth-order valence-corrected chi connectivity index (χ4v) is 2.92. The van der Waals surface area contributed by atoms with E-state index in [1.54, 1.807) is 0 Å². The molecule has 0 bridgehead atoms. The average molecular weight is 390 g/mol. The maximum atomic E-state index is 6.15. The summed E-state index contributed by atoms with van der Waals surface area (Å²) in [6, 6.07) is 12.1. The molecular formula is C14H12Br2ClN. The third-order valence-electron chi connectivity index (χ3n) is 2.53. The summed E-state index contributed by atoms with van der Waals surface area (Å²) in [7, 11) is 0. The summed E-state index contributed by atoms with van der Waals surface area (Å²) >= 11 is 13.1. The normalized spacial score (nSPS) is 10.4. The number of benzene rings is 2. The van der Waals surface area contributed by atoms with Crippen LogP contribution in [0.2, 0.25) is 5.02 Å². The SMILES string of the molecule is Cc1cc(Br)cc(NCc2cc(Br)ccc2Cl)c1. The highest BCUT2D eigenvalue weighted by atomic mass is 79.9. The van der Waals surface area contributed by atoms with Crippen LogP contribution in [-0.4, -0.2) is 0 Å². The molecule has 18 heavy (non-hydrogen) atoms. The lowest BCUT2D eigenvalue weighted by atomic mass is 10.2. The minimum absolute atomic E-state index is 0.703. The standard InChI is InChI=1S/C14H12Br2ClN/c1-9-4-12(16)7-13(5-9)18-8-10-6-11(15)2-3-14(10)17/h2-7,18H,8H2,1H3. The van der Waals surface area contributed by atoms with Crippen LogP contribution in [0.15, 0.2) is 45.3 Å². The fraction of sp³-hybridized carbons (Fsp3) is 0.143. The lowest BCUT2D eigenvalue weighted by molar-refractivity contribution is 1.14. The maximum Gasteiger partial charge on any atom is 0.0456 e. The number of hydrogen-bond acceptors (Lipinski definition) is 1. The molecule has 0 aliphatic rings. The molecule has 0 radical (unpaired) electrons. The van der Waals surface area contributed by atoms with Crippen molar-refractivity contribution in [3.8, 4) is 0 Å². The summed E-state index contributed by atoms with van der Waals surface area (Å²) in [6.07, 6.45) is 0. The molecular weight excluding hydrogens is 377 g/mol. The molecule has 2 aromatic carbocycles. The van der Waals surface area contributed by atoms with Crippen molar-refractivity contribution in [1.29, 1.82) is 0 Å². The first-order valence-corrected chi connectivity index (χ1v) is 7.46. The van der Waals surface area contributed by atoms with Gasteiger partial charge in [-0.05, 0) is 54.4 Å². The van der Waals surface area contributed by atoms with Crippen LogP contribution in [0.1, 0.15) is 11.1 Å². The van der Waals surface area contributed by atoms with E-state index < -0.39 is 0 Å². The number of hydrogen-bond donors (Lipinski definition) is 1. The lowest BCUT2D eigenvalue weighted by Crippen LogP contribution is -2.00. The Balaban J connectivity index is 2.13. The molecule has 94 valence electrons. The summed E-state index contributed by atoms with van der Waals surface area (Å²) in [5.74, 6) is 0. The van der Waals surface area contributed by atoms with E-state index in [2.05, 4.69) is 62.3 Å². The van der Waals surface area contributed by atoms with Crippen molar-refractivity contribution in [2.75, 3.05) is 5.32 Å². The predicted octanol–water partition coefficient (Wildman–Crippen LogP) is 5.79. The third kappa shape index (κ3) is 3.74. The molecule has 0 heterocycles. The molecule has 0 aromatic heterocycles. The van der Waals surface area contributed by atoms with Crippen molar-refractivity contribution in [3.05, 3.63) is 61.5 Å². The Morgan fingerprint density at radius 2 is 1.83 bits per heavy atom. The van der Waals surface area contributed by atoms with Gasteiger partial charge in [-0.3, -0.25) is 0 Å². The van der Waals surface area contributed by atoms with Crippen molar-refractivity contribution in [2.24, 2.45) is 0 Å². The van der Waals surface area contributed by atoms with E-state index in [0.717, 1.165) is 25.2 Å². The van der Waals surface area contributed by atoms with Crippen LogP contribution in [0.4, 0.5) is 5.69 Å². The smallest absolute Gasteiger partial charge is 0.0456 e. The molecule has 0 aliphatic carbocycles. The van der Waals surface area contributed by atoms with E-state index in [9.17, 15) is 0 Å². The van der Waals surface area contributed by atoms with Crippen molar-refractivity contribution < 1.29 is 0 Å². The van der Waals surface area contributed by atoms with E-state index in [-0.39, 0.29) is 0 Å². The first-order chi connectivity index (χ1) is 8.54. The van der Waals surface area contributed by atoms with Gasteiger partial charge in [-0.2, -0.15) is 0 Å². The van der Waals surface area contributed by atoms with E-state index in [0.29, 0.717) is 6.54 Å². The number of halogens is 3. The molecule has 0 saturated carbocycles. The van der Waals surface area contributed by atoms with Crippen LogP contribution in [0.5, 0.6) is 0 Å². The highest BCUT2D eigenvalue weighted by molar-refractivity contribution is 9.10. The summed E-state index contributed by atoms with van der Waals surface area (Å²) in [4.78, 5) is 0. The number of nitrogens with one attached hydrogen (secondary N) is 1. The molecule has 0 fully saturated rings. The summed E-state index contributed by atoms with van der Waals surface area (Å²) in [5.41, 5.74) is 3.37. The molecule has 4 heteroatoms. The van der Waals surface area contributed by atoms with Gasteiger partial charge in [0.25, 0.3) is 0 Å². The van der Waals surface area contributed by atoms with Crippen molar-refractivity contribution >= 4 is 49.1 Å². The van der Waals surface area contributed by atoms with Gasteiger partial charge in [0.1, 0.15) is 0 Å². The molecule has 0 amide bonds. The maximum absolute atomic E-state index is 6.15. The Morgan fingerprint density at radius 1 is 1.06 bits per heavy atom. The Kier molecular flexibility index (Phi) is 4.71. The Labute approximate surface area is 129 Å². The Morgan fingerprint density at radius 3 is 2.56 bits per heavy atom. The lowest BCUT2D eigenvalue weighted by Gasteiger charge is -2.10. The minimum Gasteiger partial charge on any atom is -0.381 e. The van der Waals surface area contributed by atoms with E-state index in [4.69, 9.17) is 11.6 Å². The predicted molar refractivity (Wildman–Crippen MR) is 85.4 cm³/mol. The number of anilines is 1. The molecule has 1 nitrogen and oxygen atoms in total. The molecule has 0 atom stereocenters. The van der Waals surface area contributed by atoms with Gasteiger partial charge < -0.3 is 5.32 Å². The molecule has 0 aliphatic heterocycles. The summed E-state index contributed by atoms with van der Waals surface area (Å²) < 4.78 is 2.11. The van der Waals surface area contributed by atoms with Crippen LogP contribution >= 0.6 is 43.5 Å². The zero-order chi connectivity index (χ0) is 13.1. The van der Waals surface area contributed by atoms with Gasteiger partial charge in [0.05, 0.1) is 0 Å². The first-order valence-electron chi connectivity index (χ1n) is 5.49. The second kappa shape index (κ2) is 6.09. The highest BCUT2D eigenvalue weighted by Gasteiger charge is 2.02. The zero-order valence-electron chi connectivity index (χ0n) is 9.81. The highest BCUT2D eigenvalue weighted by Crippen LogP contribution is 2.23. The monoisotopic (exact) mass is 387 g/mol. The molecule has 0 saturated heterocycles. The van der Waals surface area contributed by atoms with Gasteiger partial charge in [0.2, 0.25) is 0 Å². The van der Waals surface area contributed by atoms with Gasteiger partial charge in [0.15, 0.2) is 0 Å². The van der Waals surface area contributed by atoms with Crippen molar-refractivity contribution in [3.63, 3.8) is 0 Å². The van der Waals surface area contributed by atoms with Crippen LogP contribution in [0.25, 0.3) is 0 Å². The summed E-state index contributed by atoms with van der Waals surface area (Å²) in [6.45, 7) is 2.77.